The summed E-state index contributed by atoms with van der Waals surface area (Å²) in [5.41, 5.74) is 11.2. The second-order valence-corrected chi connectivity index (χ2v) is 6.59. The van der Waals surface area contributed by atoms with Gasteiger partial charge in [0, 0.05) is 18.3 Å². The Kier molecular flexibility index (Phi) is 5.88. The van der Waals surface area contributed by atoms with E-state index in [0.29, 0.717) is 0 Å². The van der Waals surface area contributed by atoms with Gasteiger partial charge < -0.3 is 26.8 Å². The molecule has 2 atom stereocenters. The lowest BCUT2D eigenvalue weighted by atomic mass is 9.91. The lowest BCUT2D eigenvalue weighted by Crippen LogP contribution is -2.43. The maximum absolute atomic E-state index is 14.5. The molecule has 0 unspecified atom stereocenters. The number of anilines is 3. The summed E-state index contributed by atoms with van der Waals surface area (Å²) in [7, 11) is 1.27. The fraction of sp³-hybridized carbons (Fsp3) is 0.389. The van der Waals surface area contributed by atoms with Crippen molar-refractivity contribution in [2.75, 3.05) is 17.7 Å². The molecule has 1 fully saturated rings. The lowest BCUT2D eigenvalue weighted by Gasteiger charge is -2.30. The first-order valence-electron chi connectivity index (χ1n) is 8.88. The number of pyridine rings is 2. The van der Waals surface area contributed by atoms with Gasteiger partial charge >= 0.3 is 0 Å². The zero-order chi connectivity index (χ0) is 20.3. The van der Waals surface area contributed by atoms with Gasteiger partial charge in [-0.1, -0.05) is 12.8 Å². The highest BCUT2D eigenvalue weighted by Gasteiger charge is 2.25. The number of nitrogens with one attached hydrogen (secondary N) is 2. The van der Waals surface area contributed by atoms with Crippen LogP contribution in [0.4, 0.5) is 26.1 Å². The number of carbonyl (C=O) groups excluding carboxylic acids is 1. The van der Waals surface area contributed by atoms with Gasteiger partial charge in [-0.05, 0) is 25.0 Å². The molecule has 0 saturated heterocycles. The number of aromatic nitrogens is 2. The van der Waals surface area contributed by atoms with Gasteiger partial charge in [0.2, 0.25) is 5.82 Å². The zero-order valence-corrected chi connectivity index (χ0v) is 15.3. The molecule has 0 spiro atoms. The average Bonchev–Trinajstić information content (AvgIpc) is 2.67. The van der Waals surface area contributed by atoms with E-state index in [-0.39, 0.29) is 40.9 Å². The highest BCUT2D eigenvalue weighted by atomic mass is 19.1. The number of rotatable bonds is 6. The molecule has 2 heterocycles. The van der Waals surface area contributed by atoms with Gasteiger partial charge in [0.05, 0.1) is 18.4 Å². The molecule has 3 rings (SSSR count). The van der Waals surface area contributed by atoms with Crippen LogP contribution in [0.3, 0.4) is 0 Å². The highest BCUT2D eigenvalue weighted by molar-refractivity contribution is 5.98. The minimum atomic E-state index is -0.906. The quantitative estimate of drug-likeness (QED) is 0.594. The van der Waals surface area contributed by atoms with Gasteiger partial charge in [-0.3, -0.25) is 4.79 Å². The molecule has 150 valence electrons. The number of halogens is 2. The molecule has 2 aromatic rings. The molecule has 8 nitrogen and oxygen atoms in total. The van der Waals surface area contributed by atoms with Crippen LogP contribution in [0.2, 0.25) is 0 Å². The molecule has 28 heavy (non-hydrogen) atoms. The molecule has 0 aromatic carbocycles. The summed E-state index contributed by atoms with van der Waals surface area (Å²) in [6.45, 7) is 0. The molecule has 1 aliphatic carbocycles. The van der Waals surface area contributed by atoms with E-state index in [0.717, 1.165) is 31.7 Å². The molecule has 1 amide bonds. The number of primary amides is 1. The van der Waals surface area contributed by atoms with Crippen molar-refractivity contribution in [3.8, 4) is 5.88 Å². The van der Waals surface area contributed by atoms with E-state index in [4.69, 9.17) is 16.2 Å². The maximum Gasteiger partial charge on any atom is 0.252 e. The van der Waals surface area contributed by atoms with E-state index < -0.39 is 17.5 Å². The Morgan fingerprint density at radius 3 is 2.71 bits per heavy atom. The van der Waals surface area contributed by atoms with Crippen molar-refractivity contribution in [2.45, 2.75) is 37.8 Å². The molecule has 1 aliphatic rings. The largest absolute Gasteiger partial charge is 0.479 e. The Balaban J connectivity index is 1.96. The van der Waals surface area contributed by atoms with Crippen LogP contribution in [0.15, 0.2) is 18.3 Å². The van der Waals surface area contributed by atoms with Crippen molar-refractivity contribution in [2.24, 2.45) is 11.5 Å². The Hall–Kier alpha value is -3.01. The van der Waals surface area contributed by atoms with Crippen LogP contribution < -0.4 is 26.8 Å². The van der Waals surface area contributed by atoms with Gasteiger partial charge in [0.25, 0.3) is 11.8 Å². The summed E-state index contributed by atoms with van der Waals surface area (Å²) in [6.07, 6.45) is 4.91. The van der Waals surface area contributed by atoms with Crippen LogP contribution in [0.25, 0.3) is 0 Å². The fourth-order valence-corrected chi connectivity index (χ4v) is 3.18. The third kappa shape index (κ3) is 4.11. The third-order valence-electron chi connectivity index (χ3n) is 4.69. The molecule has 10 heteroatoms. The fourth-order valence-electron chi connectivity index (χ4n) is 3.18. The Bertz CT molecular complexity index is 879. The van der Waals surface area contributed by atoms with Crippen LogP contribution in [-0.4, -0.2) is 35.1 Å². The van der Waals surface area contributed by atoms with E-state index in [1.165, 1.54) is 19.4 Å². The number of hydrogen-bond acceptors (Lipinski definition) is 7. The van der Waals surface area contributed by atoms with Crippen molar-refractivity contribution < 1.29 is 18.3 Å². The van der Waals surface area contributed by atoms with Gasteiger partial charge in [-0.15, -0.1) is 0 Å². The van der Waals surface area contributed by atoms with E-state index in [9.17, 15) is 13.6 Å². The Morgan fingerprint density at radius 2 is 2.04 bits per heavy atom. The molecule has 0 radical (unpaired) electrons. The third-order valence-corrected chi connectivity index (χ3v) is 4.69. The number of nitrogens with zero attached hydrogens (tertiary/aromatic N) is 2. The minimum absolute atomic E-state index is 0.0474. The van der Waals surface area contributed by atoms with Crippen molar-refractivity contribution in [3.63, 3.8) is 0 Å². The van der Waals surface area contributed by atoms with E-state index in [1.807, 2.05) is 0 Å². The number of carbonyl (C=O) groups is 1. The molecule has 2 aromatic heterocycles. The number of methoxy groups -OCH3 is 1. The summed E-state index contributed by atoms with van der Waals surface area (Å²) in [4.78, 5) is 19.6. The minimum Gasteiger partial charge on any atom is -0.479 e. The first-order chi connectivity index (χ1) is 13.4. The van der Waals surface area contributed by atoms with E-state index in [1.54, 1.807) is 0 Å². The summed E-state index contributed by atoms with van der Waals surface area (Å²) in [6, 6.07) is 2.01. The van der Waals surface area contributed by atoms with Crippen molar-refractivity contribution >= 4 is 23.2 Å². The normalized spacial score (nSPS) is 19.1. The standard InChI is InChI=1S/C18H22F2N6O2/c1-28-18-14(20)13(6-7-23-18)25-16-9(15(22)27)8-10(19)17(26-16)24-12-5-3-2-4-11(12)21/h6-8,11-12H,2-5,21H2,1H3,(H2,22,27)(H2,23,24,25,26)/t11-,12+/m0/s1. The van der Waals surface area contributed by atoms with Crippen molar-refractivity contribution in [1.82, 2.24) is 9.97 Å². The SMILES string of the molecule is COc1nccc(Nc2nc(N[C@@H]3CCCC[C@@H]3N)c(F)cc2C(N)=O)c1F. The molecular formula is C18H22F2N6O2. The molecule has 0 bridgehead atoms. The van der Waals surface area contributed by atoms with Gasteiger partial charge in [-0.25, -0.2) is 14.4 Å². The molecule has 1 saturated carbocycles. The molecular weight excluding hydrogens is 370 g/mol. The summed E-state index contributed by atoms with van der Waals surface area (Å²) in [5.74, 6) is -2.85. The Morgan fingerprint density at radius 1 is 1.29 bits per heavy atom. The Labute approximate surface area is 160 Å². The van der Waals surface area contributed by atoms with Gasteiger partial charge in [-0.2, -0.15) is 4.39 Å². The first kappa shape index (κ1) is 19.7. The average molecular weight is 392 g/mol. The van der Waals surface area contributed by atoms with Crippen LogP contribution in [0.5, 0.6) is 5.88 Å². The predicted octanol–water partition coefficient (Wildman–Crippen LogP) is 2.29. The smallest absolute Gasteiger partial charge is 0.252 e. The van der Waals surface area contributed by atoms with E-state index in [2.05, 4.69) is 20.6 Å². The maximum atomic E-state index is 14.5. The van der Waals surface area contributed by atoms with Crippen LogP contribution in [0.1, 0.15) is 36.0 Å². The molecule has 0 aliphatic heterocycles. The topological polar surface area (TPSA) is 128 Å². The summed E-state index contributed by atoms with van der Waals surface area (Å²) >= 11 is 0. The van der Waals surface area contributed by atoms with Gasteiger partial charge in [0.15, 0.2) is 11.6 Å². The zero-order valence-electron chi connectivity index (χ0n) is 15.3. The number of amides is 1. The van der Waals surface area contributed by atoms with Crippen LogP contribution in [0, 0.1) is 11.6 Å². The van der Waals surface area contributed by atoms with Gasteiger partial charge in [0.1, 0.15) is 5.82 Å². The number of ether oxygens (including phenoxy) is 1. The van der Waals surface area contributed by atoms with Crippen LogP contribution in [-0.2, 0) is 0 Å². The monoisotopic (exact) mass is 392 g/mol. The second kappa shape index (κ2) is 8.34. The number of nitrogens with two attached hydrogens (primary N) is 2. The number of hydrogen-bond donors (Lipinski definition) is 4. The molecule has 6 N–H and O–H groups in total. The lowest BCUT2D eigenvalue weighted by molar-refractivity contribution is 0.100. The van der Waals surface area contributed by atoms with E-state index >= 15 is 0 Å². The van der Waals surface area contributed by atoms with Crippen molar-refractivity contribution in [3.05, 3.63) is 35.5 Å². The summed E-state index contributed by atoms with van der Waals surface area (Å²) in [5, 5.41) is 5.66. The second-order valence-electron chi connectivity index (χ2n) is 6.59. The van der Waals surface area contributed by atoms with Crippen LogP contribution >= 0.6 is 0 Å². The summed E-state index contributed by atoms with van der Waals surface area (Å²) < 4.78 is 33.7. The first-order valence-corrected chi connectivity index (χ1v) is 8.88. The highest BCUT2D eigenvalue weighted by Crippen LogP contribution is 2.29. The van der Waals surface area contributed by atoms with Crippen molar-refractivity contribution in [1.29, 1.82) is 0 Å². The predicted molar refractivity (Wildman–Crippen MR) is 101 cm³/mol.